The number of carbonyl (C=O) groups excluding carboxylic acids is 1. The minimum absolute atomic E-state index is 0.175. The van der Waals surface area contributed by atoms with Crippen molar-refractivity contribution in [1.82, 2.24) is 4.57 Å². The average molecular weight is 381 g/mol. The fourth-order valence-corrected chi connectivity index (χ4v) is 3.07. The lowest BCUT2D eigenvalue weighted by molar-refractivity contribution is 0.111. The zero-order valence-electron chi connectivity index (χ0n) is 16.4. The van der Waals surface area contributed by atoms with E-state index >= 15 is 0 Å². The number of anilines is 1. The zero-order valence-corrected chi connectivity index (χ0v) is 16.4. The first kappa shape index (κ1) is 19.4. The Labute approximate surface area is 163 Å². The van der Waals surface area contributed by atoms with Crippen LogP contribution in [0.2, 0.25) is 0 Å². The summed E-state index contributed by atoms with van der Waals surface area (Å²) >= 11 is 0. The molecule has 7 heteroatoms. The molecule has 0 unspecified atom stereocenters. The smallest absolute Gasteiger partial charge is 0.438 e. The molecule has 1 heterocycles. The van der Waals surface area contributed by atoms with E-state index in [0.29, 0.717) is 5.69 Å². The number of hydrogen-bond donors (Lipinski definition) is 0. The van der Waals surface area contributed by atoms with Crippen LogP contribution in [0.15, 0.2) is 59.8 Å². The van der Waals surface area contributed by atoms with Crippen molar-refractivity contribution in [2.75, 3.05) is 19.3 Å². The van der Waals surface area contributed by atoms with Crippen molar-refractivity contribution in [1.29, 1.82) is 0 Å². The Hall–Kier alpha value is -3.32. The number of ether oxygens (including phenoxy) is 1. The van der Waals surface area contributed by atoms with Gasteiger partial charge in [-0.25, -0.2) is 4.79 Å². The molecule has 0 saturated carbocycles. The maximum absolute atomic E-state index is 11.9. The predicted octanol–water partition coefficient (Wildman–Crippen LogP) is 4.25. The number of aryl methyl sites for hydroxylation is 1. The molecule has 0 aliphatic heterocycles. The van der Waals surface area contributed by atoms with Crippen LogP contribution in [0.3, 0.4) is 0 Å². The van der Waals surface area contributed by atoms with Crippen LogP contribution in [0.4, 0.5) is 10.5 Å². The first-order valence-corrected chi connectivity index (χ1v) is 8.78. The lowest BCUT2D eigenvalue weighted by Gasteiger charge is -2.20. The Morgan fingerprint density at radius 3 is 2.54 bits per heavy atom. The number of carbonyl (C=O) groups is 1. The number of amides is 1. The van der Waals surface area contributed by atoms with Crippen LogP contribution in [0.25, 0.3) is 10.9 Å². The molecule has 0 atom stereocenters. The fourth-order valence-electron chi connectivity index (χ4n) is 3.07. The molecule has 0 aliphatic carbocycles. The maximum atomic E-state index is 11.9. The van der Waals surface area contributed by atoms with Crippen molar-refractivity contribution in [2.45, 2.75) is 13.5 Å². The fraction of sp³-hybridized carbons (Fsp3) is 0.238. The third kappa shape index (κ3) is 3.84. The molecule has 0 aliphatic rings. The predicted molar refractivity (Wildman–Crippen MR) is 108 cm³/mol. The molecule has 3 rings (SSSR count). The van der Waals surface area contributed by atoms with Gasteiger partial charge in [-0.05, 0) is 25.1 Å². The molecule has 146 valence electrons. The van der Waals surface area contributed by atoms with E-state index in [2.05, 4.69) is 27.9 Å². The van der Waals surface area contributed by atoms with Crippen LogP contribution in [-0.2, 0) is 28.1 Å². The molecule has 0 radical (unpaired) electrons. The summed E-state index contributed by atoms with van der Waals surface area (Å²) in [6.07, 6.45) is -0.620. The number of hydroxylamine groups is 1. The summed E-state index contributed by atoms with van der Waals surface area (Å²) in [6.45, 7) is 2.07. The molecule has 1 aromatic heterocycles. The third-order valence-corrected chi connectivity index (χ3v) is 4.48. The zero-order chi connectivity index (χ0) is 20.1. The Morgan fingerprint density at radius 2 is 1.82 bits per heavy atom. The van der Waals surface area contributed by atoms with E-state index in [-0.39, 0.29) is 6.61 Å². The third-order valence-electron chi connectivity index (χ3n) is 4.48. The molecule has 1 amide bonds. The summed E-state index contributed by atoms with van der Waals surface area (Å²) in [4.78, 5) is 22.6. The van der Waals surface area contributed by atoms with Crippen LogP contribution >= 0.6 is 0 Å². The summed E-state index contributed by atoms with van der Waals surface area (Å²) in [5, 5.41) is 6.47. The summed E-state index contributed by atoms with van der Waals surface area (Å²) in [5.41, 5.74) is 4.14. The molecular formula is C21H23N3O4. The van der Waals surface area contributed by atoms with E-state index in [1.54, 1.807) is 12.1 Å². The van der Waals surface area contributed by atoms with Gasteiger partial charge in [0.15, 0.2) is 0 Å². The van der Waals surface area contributed by atoms with E-state index in [1.165, 1.54) is 14.2 Å². The molecular weight excluding hydrogens is 358 g/mol. The van der Waals surface area contributed by atoms with Gasteiger partial charge < -0.3 is 14.1 Å². The van der Waals surface area contributed by atoms with Gasteiger partial charge in [0, 0.05) is 23.5 Å². The number of fused-ring (bicyclic) bond motifs is 1. The molecule has 0 saturated heterocycles. The van der Waals surface area contributed by atoms with Gasteiger partial charge in [-0.15, -0.1) is 0 Å². The van der Waals surface area contributed by atoms with Gasteiger partial charge in [0.05, 0.1) is 25.6 Å². The highest BCUT2D eigenvalue weighted by molar-refractivity contribution is 6.01. The van der Waals surface area contributed by atoms with Gasteiger partial charge in [-0.3, -0.25) is 4.84 Å². The van der Waals surface area contributed by atoms with Gasteiger partial charge in [0.1, 0.15) is 12.3 Å². The molecule has 7 nitrogen and oxygen atoms in total. The highest BCUT2D eigenvalue weighted by Crippen LogP contribution is 2.23. The largest absolute Gasteiger partial charge is 0.451 e. The molecule has 0 bridgehead atoms. The van der Waals surface area contributed by atoms with Crippen molar-refractivity contribution < 1.29 is 19.2 Å². The van der Waals surface area contributed by atoms with E-state index in [9.17, 15) is 4.79 Å². The molecule has 3 aromatic rings. The highest BCUT2D eigenvalue weighted by Gasteiger charge is 2.19. The number of rotatable bonds is 6. The maximum Gasteiger partial charge on any atom is 0.438 e. The highest BCUT2D eigenvalue weighted by atomic mass is 16.7. The monoisotopic (exact) mass is 381 g/mol. The van der Waals surface area contributed by atoms with Crippen molar-refractivity contribution in [2.24, 2.45) is 12.2 Å². The average Bonchev–Trinajstić information content (AvgIpc) is 3.06. The van der Waals surface area contributed by atoms with Crippen LogP contribution in [0.1, 0.15) is 18.2 Å². The molecule has 2 aromatic carbocycles. The van der Waals surface area contributed by atoms with Crippen LogP contribution in [0, 0.1) is 0 Å². The van der Waals surface area contributed by atoms with E-state index in [1.807, 2.05) is 38.2 Å². The SMILES string of the molecule is COC(=O)N(OC)c1ccccc1CO/N=C(\C)c1cc2ccccc2n1C. The van der Waals surface area contributed by atoms with Crippen LogP contribution < -0.4 is 5.06 Å². The Balaban J connectivity index is 1.79. The summed E-state index contributed by atoms with van der Waals surface area (Å²) in [7, 11) is 4.70. The van der Waals surface area contributed by atoms with Crippen molar-refractivity contribution in [3.8, 4) is 0 Å². The van der Waals surface area contributed by atoms with E-state index < -0.39 is 6.09 Å². The minimum Gasteiger partial charge on any atom is -0.451 e. The van der Waals surface area contributed by atoms with Gasteiger partial charge >= 0.3 is 6.09 Å². The summed E-state index contributed by atoms with van der Waals surface area (Å²) < 4.78 is 6.82. The second-order valence-electron chi connectivity index (χ2n) is 6.17. The number of nitrogens with zero attached hydrogens (tertiary/aromatic N) is 3. The van der Waals surface area contributed by atoms with Crippen LogP contribution in [0.5, 0.6) is 0 Å². The molecule has 0 fully saturated rings. The lowest BCUT2D eigenvalue weighted by Crippen LogP contribution is -2.30. The van der Waals surface area contributed by atoms with Crippen molar-refractivity contribution >= 4 is 28.4 Å². The number of methoxy groups -OCH3 is 1. The minimum atomic E-state index is -0.620. The first-order valence-electron chi connectivity index (χ1n) is 8.78. The van der Waals surface area contributed by atoms with Gasteiger partial charge in [-0.1, -0.05) is 41.6 Å². The Kier molecular flexibility index (Phi) is 5.96. The molecule has 28 heavy (non-hydrogen) atoms. The van der Waals surface area contributed by atoms with E-state index in [0.717, 1.165) is 32.9 Å². The Morgan fingerprint density at radius 1 is 1.11 bits per heavy atom. The summed E-state index contributed by atoms with van der Waals surface area (Å²) in [5.74, 6) is 0. The number of oxime groups is 1. The number of para-hydroxylation sites is 2. The second kappa shape index (κ2) is 8.58. The standard InChI is InChI=1S/C21H23N3O4/c1-15(20-13-16-9-5-7-11-18(16)23(20)2)22-28-14-17-10-6-8-12-19(17)24(27-4)21(25)26-3/h5-13H,14H2,1-4H3/b22-15+. The van der Waals surface area contributed by atoms with Crippen molar-refractivity contribution in [3.63, 3.8) is 0 Å². The normalized spacial score (nSPS) is 11.5. The van der Waals surface area contributed by atoms with E-state index in [4.69, 9.17) is 14.4 Å². The lowest BCUT2D eigenvalue weighted by atomic mass is 10.2. The summed E-state index contributed by atoms with van der Waals surface area (Å²) in [6, 6.07) is 17.5. The molecule has 0 spiro atoms. The topological polar surface area (TPSA) is 65.3 Å². The Bertz CT molecular complexity index is 1010. The number of hydrogen-bond acceptors (Lipinski definition) is 5. The van der Waals surface area contributed by atoms with Crippen molar-refractivity contribution in [3.05, 3.63) is 65.9 Å². The quantitative estimate of drug-likeness (QED) is 0.473. The number of aromatic nitrogens is 1. The van der Waals surface area contributed by atoms with Gasteiger partial charge in [0.2, 0.25) is 0 Å². The second-order valence-corrected chi connectivity index (χ2v) is 6.17. The van der Waals surface area contributed by atoms with Gasteiger partial charge in [-0.2, -0.15) is 5.06 Å². The first-order chi connectivity index (χ1) is 13.6. The molecule has 0 N–H and O–H groups in total. The van der Waals surface area contributed by atoms with Crippen LogP contribution in [-0.4, -0.2) is 30.6 Å². The number of benzene rings is 2. The van der Waals surface area contributed by atoms with Gasteiger partial charge in [0.25, 0.3) is 0 Å².